The molecule has 2 rings (SSSR count). The molecule has 2 fully saturated rings. The van der Waals surface area contributed by atoms with Gasteiger partial charge in [-0.15, -0.1) is 0 Å². The standard InChI is InChI=1S/C10H18N2O/c1-2-3-10(13)12-7-8-4-9(12)6-11-5-8/h8-9,11H,2-7H2,1H3/t8-,9+/m0/s1. The molecule has 74 valence electrons. The molecule has 3 heteroatoms. The minimum absolute atomic E-state index is 0.360. The molecule has 1 amide bonds. The van der Waals surface area contributed by atoms with Crippen LogP contribution in [0.5, 0.6) is 0 Å². The molecule has 1 N–H and O–H groups in total. The summed E-state index contributed by atoms with van der Waals surface area (Å²) in [5, 5.41) is 3.38. The lowest BCUT2D eigenvalue weighted by molar-refractivity contribution is -0.131. The molecular weight excluding hydrogens is 164 g/mol. The van der Waals surface area contributed by atoms with E-state index in [2.05, 4.69) is 17.1 Å². The Labute approximate surface area is 79.5 Å². The Morgan fingerprint density at radius 3 is 3.08 bits per heavy atom. The lowest BCUT2D eigenvalue weighted by Crippen LogP contribution is -2.41. The summed E-state index contributed by atoms with van der Waals surface area (Å²) in [6, 6.07) is 0.498. The predicted molar refractivity (Wildman–Crippen MR) is 51.4 cm³/mol. The summed E-state index contributed by atoms with van der Waals surface area (Å²) >= 11 is 0. The van der Waals surface area contributed by atoms with E-state index in [0.29, 0.717) is 11.9 Å². The number of likely N-dealkylation sites (tertiary alicyclic amines) is 1. The Kier molecular flexibility index (Phi) is 2.54. The van der Waals surface area contributed by atoms with Crippen molar-refractivity contribution in [1.29, 1.82) is 0 Å². The zero-order valence-corrected chi connectivity index (χ0v) is 8.25. The van der Waals surface area contributed by atoms with Crippen molar-refractivity contribution in [3.8, 4) is 0 Å². The molecule has 0 spiro atoms. The second-order valence-corrected chi connectivity index (χ2v) is 4.21. The van der Waals surface area contributed by atoms with Crippen LogP contribution in [0.15, 0.2) is 0 Å². The van der Waals surface area contributed by atoms with Crippen molar-refractivity contribution in [2.24, 2.45) is 5.92 Å². The van der Waals surface area contributed by atoms with E-state index in [1.165, 1.54) is 6.42 Å². The Hall–Kier alpha value is -0.570. The van der Waals surface area contributed by atoms with Gasteiger partial charge in [0.15, 0.2) is 0 Å². The Morgan fingerprint density at radius 1 is 1.54 bits per heavy atom. The third kappa shape index (κ3) is 1.70. The van der Waals surface area contributed by atoms with Crippen molar-refractivity contribution < 1.29 is 4.79 Å². The van der Waals surface area contributed by atoms with Crippen molar-refractivity contribution in [3.63, 3.8) is 0 Å². The maximum absolute atomic E-state index is 11.7. The molecule has 2 aliphatic heterocycles. The first-order valence-electron chi connectivity index (χ1n) is 5.31. The van der Waals surface area contributed by atoms with E-state index in [0.717, 1.165) is 38.4 Å². The first-order chi connectivity index (χ1) is 6.31. The summed E-state index contributed by atoms with van der Waals surface area (Å²) in [5.41, 5.74) is 0. The molecule has 0 saturated carbocycles. The van der Waals surface area contributed by atoms with Crippen LogP contribution in [0.25, 0.3) is 0 Å². The van der Waals surface area contributed by atoms with E-state index < -0.39 is 0 Å². The minimum Gasteiger partial charge on any atom is -0.338 e. The molecule has 2 saturated heterocycles. The van der Waals surface area contributed by atoms with Crippen LogP contribution < -0.4 is 5.32 Å². The smallest absolute Gasteiger partial charge is 0.222 e. The molecule has 0 aromatic rings. The van der Waals surface area contributed by atoms with Crippen molar-refractivity contribution in [2.75, 3.05) is 19.6 Å². The molecule has 2 aliphatic rings. The first-order valence-corrected chi connectivity index (χ1v) is 5.31. The summed E-state index contributed by atoms with van der Waals surface area (Å²) in [6.07, 6.45) is 2.92. The average Bonchev–Trinajstić information content (AvgIpc) is 2.42. The fourth-order valence-corrected chi connectivity index (χ4v) is 2.47. The molecule has 0 unspecified atom stereocenters. The molecule has 2 atom stereocenters. The average molecular weight is 182 g/mol. The van der Waals surface area contributed by atoms with Gasteiger partial charge >= 0.3 is 0 Å². The van der Waals surface area contributed by atoms with Crippen LogP contribution in [0.4, 0.5) is 0 Å². The van der Waals surface area contributed by atoms with Crippen LogP contribution in [0.1, 0.15) is 26.2 Å². The quantitative estimate of drug-likeness (QED) is 0.678. The van der Waals surface area contributed by atoms with Gasteiger partial charge in [0.1, 0.15) is 0 Å². The van der Waals surface area contributed by atoms with E-state index >= 15 is 0 Å². The SMILES string of the molecule is CCCC(=O)N1C[C@@H]2CNC[C@H]1C2. The van der Waals surface area contributed by atoms with Crippen molar-refractivity contribution in [3.05, 3.63) is 0 Å². The molecule has 2 heterocycles. The Morgan fingerprint density at radius 2 is 2.38 bits per heavy atom. The lowest BCUT2D eigenvalue weighted by atomic mass is 10.0. The molecule has 3 nitrogen and oxygen atoms in total. The summed E-state index contributed by atoms with van der Waals surface area (Å²) in [5.74, 6) is 1.08. The number of carbonyl (C=O) groups is 1. The van der Waals surface area contributed by atoms with E-state index in [1.807, 2.05) is 0 Å². The van der Waals surface area contributed by atoms with Gasteiger partial charge in [0.2, 0.25) is 5.91 Å². The highest BCUT2D eigenvalue weighted by Gasteiger charge is 2.36. The van der Waals surface area contributed by atoms with Crippen LogP contribution in [-0.4, -0.2) is 36.5 Å². The number of hydrogen-bond donors (Lipinski definition) is 1. The number of piperidine rings is 1. The van der Waals surface area contributed by atoms with E-state index in [-0.39, 0.29) is 0 Å². The Balaban J connectivity index is 1.96. The summed E-state index contributed by atoms with van der Waals surface area (Å²) < 4.78 is 0. The maximum atomic E-state index is 11.7. The highest BCUT2D eigenvalue weighted by molar-refractivity contribution is 5.76. The van der Waals surface area contributed by atoms with Gasteiger partial charge in [-0.3, -0.25) is 4.79 Å². The van der Waals surface area contributed by atoms with Gasteiger partial charge in [-0.1, -0.05) is 6.92 Å². The molecular formula is C10H18N2O. The van der Waals surface area contributed by atoms with Crippen molar-refractivity contribution in [1.82, 2.24) is 10.2 Å². The summed E-state index contributed by atoms with van der Waals surface area (Å²) in [7, 11) is 0. The topological polar surface area (TPSA) is 32.3 Å². The molecule has 2 bridgehead atoms. The number of nitrogens with one attached hydrogen (secondary N) is 1. The summed E-state index contributed by atoms with van der Waals surface area (Å²) in [6.45, 7) is 5.17. The van der Waals surface area contributed by atoms with Crippen molar-refractivity contribution >= 4 is 5.91 Å². The van der Waals surface area contributed by atoms with Gasteiger partial charge in [0.05, 0.1) is 0 Å². The van der Waals surface area contributed by atoms with Crippen LogP contribution in [-0.2, 0) is 4.79 Å². The second-order valence-electron chi connectivity index (χ2n) is 4.21. The van der Waals surface area contributed by atoms with Gasteiger partial charge in [0, 0.05) is 25.6 Å². The largest absolute Gasteiger partial charge is 0.338 e. The lowest BCUT2D eigenvalue weighted by Gasteiger charge is -2.24. The number of carbonyl (C=O) groups excluding carboxylic acids is 1. The minimum atomic E-state index is 0.360. The van der Waals surface area contributed by atoms with Gasteiger partial charge in [-0.2, -0.15) is 0 Å². The maximum Gasteiger partial charge on any atom is 0.222 e. The van der Waals surface area contributed by atoms with Gasteiger partial charge < -0.3 is 10.2 Å². The molecule has 13 heavy (non-hydrogen) atoms. The zero-order valence-electron chi connectivity index (χ0n) is 8.25. The predicted octanol–water partition coefficient (Wildman–Crippen LogP) is 0.607. The molecule has 0 aliphatic carbocycles. The molecule has 0 aromatic heterocycles. The van der Waals surface area contributed by atoms with E-state index in [1.54, 1.807) is 0 Å². The van der Waals surface area contributed by atoms with E-state index in [9.17, 15) is 4.79 Å². The van der Waals surface area contributed by atoms with Gasteiger partial charge in [-0.05, 0) is 25.3 Å². The fraction of sp³-hybridized carbons (Fsp3) is 0.900. The van der Waals surface area contributed by atoms with Crippen LogP contribution in [0, 0.1) is 5.92 Å². The highest BCUT2D eigenvalue weighted by Crippen LogP contribution is 2.26. The fourth-order valence-electron chi connectivity index (χ4n) is 2.47. The second kappa shape index (κ2) is 3.66. The third-order valence-corrected chi connectivity index (χ3v) is 3.10. The van der Waals surface area contributed by atoms with Crippen LogP contribution in [0.2, 0.25) is 0 Å². The zero-order chi connectivity index (χ0) is 9.26. The number of rotatable bonds is 2. The Bertz CT molecular complexity index is 205. The molecule has 0 radical (unpaired) electrons. The van der Waals surface area contributed by atoms with Gasteiger partial charge in [-0.25, -0.2) is 0 Å². The highest BCUT2D eigenvalue weighted by atomic mass is 16.2. The van der Waals surface area contributed by atoms with Gasteiger partial charge in [0.25, 0.3) is 0 Å². The normalized spacial score (nSPS) is 32.2. The molecule has 0 aromatic carbocycles. The number of amides is 1. The van der Waals surface area contributed by atoms with E-state index in [4.69, 9.17) is 0 Å². The number of nitrogens with zero attached hydrogens (tertiary/aromatic N) is 1. The number of hydrogen-bond acceptors (Lipinski definition) is 2. The van der Waals surface area contributed by atoms with Crippen LogP contribution in [0.3, 0.4) is 0 Å². The summed E-state index contributed by atoms with van der Waals surface area (Å²) in [4.78, 5) is 13.8. The number of fused-ring (bicyclic) bond motifs is 2. The monoisotopic (exact) mass is 182 g/mol. The first kappa shape index (κ1) is 9.00. The van der Waals surface area contributed by atoms with Crippen molar-refractivity contribution in [2.45, 2.75) is 32.2 Å². The third-order valence-electron chi connectivity index (χ3n) is 3.10. The van der Waals surface area contributed by atoms with Crippen LogP contribution >= 0.6 is 0 Å².